The van der Waals surface area contributed by atoms with Crippen LogP contribution in [0.3, 0.4) is 0 Å². The van der Waals surface area contributed by atoms with E-state index in [1.54, 1.807) is 32.0 Å². The summed E-state index contributed by atoms with van der Waals surface area (Å²) in [6.07, 6.45) is 0. The van der Waals surface area contributed by atoms with Crippen LogP contribution in [0.25, 0.3) is 22.3 Å². The van der Waals surface area contributed by atoms with Gasteiger partial charge in [-0.25, -0.2) is 8.78 Å². The smallest absolute Gasteiger partial charge is 0.249 e. The van der Waals surface area contributed by atoms with Gasteiger partial charge in [-0.15, -0.1) is 0 Å². The van der Waals surface area contributed by atoms with Crippen molar-refractivity contribution in [1.82, 2.24) is 0 Å². The highest BCUT2D eigenvalue weighted by Crippen LogP contribution is 2.41. The molecule has 0 aliphatic heterocycles. The van der Waals surface area contributed by atoms with Crippen LogP contribution in [0.5, 0.6) is 5.75 Å². The van der Waals surface area contributed by atoms with Gasteiger partial charge in [-0.2, -0.15) is 0 Å². The highest BCUT2D eigenvalue weighted by atomic mass is 19.1. The summed E-state index contributed by atoms with van der Waals surface area (Å²) in [5, 5.41) is 10.0. The fourth-order valence-corrected chi connectivity index (χ4v) is 3.11. The van der Waals surface area contributed by atoms with Crippen LogP contribution < -0.4 is 5.73 Å². The second kappa shape index (κ2) is 6.59. The van der Waals surface area contributed by atoms with Crippen LogP contribution in [-0.2, 0) is 0 Å². The molecule has 3 aromatic rings. The van der Waals surface area contributed by atoms with Crippen molar-refractivity contribution in [2.75, 3.05) is 0 Å². The molecule has 0 saturated carbocycles. The third-order valence-electron chi connectivity index (χ3n) is 4.32. The highest BCUT2D eigenvalue weighted by Gasteiger charge is 2.22. The standard InChI is InChI=1S/C21H17F2NO2/c1-11-8-15(13-4-3-5-14(22)10-13)20(16(9-11)21(24)26)19-12(2)18(25)7-6-17(19)23/h3-10,25H,1-2H3,(H2,24,26). The van der Waals surface area contributed by atoms with E-state index >= 15 is 0 Å². The van der Waals surface area contributed by atoms with Crippen molar-refractivity contribution in [1.29, 1.82) is 0 Å². The van der Waals surface area contributed by atoms with Gasteiger partial charge in [0.05, 0.1) is 0 Å². The lowest BCUT2D eigenvalue weighted by Gasteiger charge is -2.18. The largest absolute Gasteiger partial charge is 0.508 e. The Labute approximate surface area is 149 Å². The Balaban J connectivity index is 2.48. The maximum absolute atomic E-state index is 14.7. The Hall–Kier alpha value is -3.21. The molecule has 5 heteroatoms. The Morgan fingerprint density at radius 3 is 2.38 bits per heavy atom. The first kappa shape index (κ1) is 17.6. The van der Waals surface area contributed by atoms with Crippen LogP contribution in [0.2, 0.25) is 0 Å². The number of phenolic OH excluding ortho intramolecular Hbond substituents is 1. The molecule has 0 aliphatic carbocycles. The van der Waals surface area contributed by atoms with Crippen molar-refractivity contribution in [3.63, 3.8) is 0 Å². The molecule has 0 heterocycles. The lowest BCUT2D eigenvalue weighted by molar-refractivity contribution is 0.100. The van der Waals surface area contributed by atoms with E-state index in [0.29, 0.717) is 11.1 Å². The zero-order valence-corrected chi connectivity index (χ0v) is 14.3. The summed E-state index contributed by atoms with van der Waals surface area (Å²) in [5.41, 5.74) is 7.89. The average molecular weight is 353 g/mol. The van der Waals surface area contributed by atoms with E-state index < -0.39 is 17.5 Å². The minimum Gasteiger partial charge on any atom is -0.508 e. The lowest BCUT2D eigenvalue weighted by Crippen LogP contribution is -2.14. The molecule has 0 saturated heterocycles. The first-order chi connectivity index (χ1) is 12.3. The SMILES string of the molecule is Cc1cc(C(N)=O)c(-c2c(F)ccc(O)c2C)c(-c2cccc(F)c2)c1. The molecule has 3 N–H and O–H groups in total. The van der Waals surface area contributed by atoms with Crippen LogP contribution in [-0.4, -0.2) is 11.0 Å². The first-order valence-electron chi connectivity index (χ1n) is 7.98. The van der Waals surface area contributed by atoms with Crippen LogP contribution in [0.4, 0.5) is 8.78 Å². The van der Waals surface area contributed by atoms with Gasteiger partial charge < -0.3 is 10.8 Å². The predicted molar refractivity (Wildman–Crippen MR) is 96.9 cm³/mol. The summed E-state index contributed by atoms with van der Waals surface area (Å²) in [7, 11) is 0. The van der Waals surface area contributed by atoms with Crippen molar-refractivity contribution >= 4 is 5.91 Å². The number of nitrogens with two attached hydrogens (primary N) is 1. The van der Waals surface area contributed by atoms with Crippen LogP contribution in [0, 0.1) is 25.5 Å². The van der Waals surface area contributed by atoms with Gasteiger partial charge >= 0.3 is 0 Å². The summed E-state index contributed by atoms with van der Waals surface area (Å²) in [6, 6.07) is 11.5. The molecular formula is C21H17F2NO2. The molecule has 3 nitrogen and oxygen atoms in total. The van der Waals surface area contributed by atoms with E-state index in [9.17, 15) is 18.7 Å². The van der Waals surface area contributed by atoms with Gasteiger partial charge in [-0.05, 0) is 60.9 Å². The monoisotopic (exact) mass is 353 g/mol. The number of rotatable bonds is 3. The molecule has 3 aromatic carbocycles. The predicted octanol–water partition coefficient (Wildman–Crippen LogP) is 4.72. The number of aryl methyl sites for hydroxylation is 1. The quantitative estimate of drug-likeness (QED) is 0.716. The molecule has 0 atom stereocenters. The molecule has 0 aliphatic rings. The van der Waals surface area contributed by atoms with Gasteiger partial charge in [0.15, 0.2) is 0 Å². The second-order valence-electron chi connectivity index (χ2n) is 6.18. The highest BCUT2D eigenvalue weighted by molar-refractivity contribution is 6.05. The topological polar surface area (TPSA) is 63.3 Å². The van der Waals surface area contributed by atoms with Gasteiger partial charge in [0.25, 0.3) is 0 Å². The number of hydrogen-bond acceptors (Lipinski definition) is 2. The molecule has 0 radical (unpaired) electrons. The molecular weight excluding hydrogens is 336 g/mol. The fraction of sp³-hybridized carbons (Fsp3) is 0.0952. The minimum atomic E-state index is -0.733. The minimum absolute atomic E-state index is 0.0676. The van der Waals surface area contributed by atoms with Crippen LogP contribution in [0.15, 0.2) is 48.5 Å². The van der Waals surface area contributed by atoms with Crippen molar-refractivity contribution in [3.05, 3.63) is 76.9 Å². The Morgan fingerprint density at radius 2 is 1.73 bits per heavy atom. The lowest BCUT2D eigenvalue weighted by atomic mass is 9.86. The Bertz CT molecular complexity index is 1030. The normalized spacial score (nSPS) is 10.8. The van der Waals surface area contributed by atoms with E-state index in [4.69, 9.17) is 5.73 Å². The number of phenols is 1. The van der Waals surface area contributed by atoms with E-state index in [1.165, 1.54) is 24.3 Å². The van der Waals surface area contributed by atoms with E-state index in [0.717, 1.165) is 11.6 Å². The molecule has 0 aromatic heterocycles. The van der Waals surface area contributed by atoms with Crippen molar-refractivity contribution in [2.24, 2.45) is 5.73 Å². The number of amides is 1. The van der Waals surface area contributed by atoms with Gasteiger partial charge in [0.1, 0.15) is 17.4 Å². The first-order valence-corrected chi connectivity index (χ1v) is 7.98. The fourth-order valence-electron chi connectivity index (χ4n) is 3.11. The number of halogens is 2. The second-order valence-corrected chi connectivity index (χ2v) is 6.18. The Kier molecular flexibility index (Phi) is 4.47. The summed E-state index contributed by atoms with van der Waals surface area (Å²) in [4.78, 5) is 12.1. The van der Waals surface area contributed by atoms with Crippen molar-refractivity contribution < 1.29 is 18.7 Å². The summed E-state index contributed by atoms with van der Waals surface area (Å²) in [6.45, 7) is 3.32. The Morgan fingerprint density at radius 1 is 1.00 bits per heavy atom. The number of carbonyl (C=O) groups is 1. The van der Waals surface area contributed by atoms with E-state index in [-0.39, 0.29) is 28.0 Å². The summed E-state index contributed by atoms with van der Waals surface area (Å²) >= 11 is 0. The molecule has 0 fully saturated rings. The summed E-state index contributed by atoms with van der Waals surface area (Å²) < 4.78 is 28.5. The van der Waals surface area contributed by atoms with Crippen LogP contribution >= 0.6 is 0 Å². The third-order valence-corrected chi connectivity index (χ3v) is 4.32. The number of primary amides is 1. The molecule has 1 amide bonds. The van der Waals surface area contributed by atoms with E-state index in [1.807, 2.05) is 0 Å². The van der Waals surface area contributed by atoms with Crippen LogP contribution in [0.1, 0.15) is 21.5 Å². The number of hydrogen-bond donors (Lipinski definition) is 2. The van der Waals surface area contributed by atoms with Gasteiger partial charge in [0, 0.05) is 22.3 Å². The molecule has 0 unspecified atom stereocenters. The third kappa shape index (κ3) is 3.04. The molecule has 0 spiro atoms. The maximum atomic E-state index is 14.7. The summed E-state index contributed by atoms with van der Waals surface area (Å²) in [5.74, 6) is -1.90. The van der Waals surface area contributed by atoms with Gasteiger partial charge in [-0.1, -0.05) is 18.2 Å². The molecule has 3 rings (SSSR count). The maximum Gasteiger partial charge on any atom is 0.249 e. The van der Waals surface area contributed by atoms with Gasteiger partial charge in [0.2, 0.25) is 5.91 Å². The average Bonchev–Trinajstić information content (AvgIpc) is 2.59. The number of carbonyl (C=O) groups excluding carboxylic acids is 1. The zero-order chi connectivity index (χ0) is 19.0. The molecule has 0 bridgehead atoms. The van der Waals surface area contributed by atoms with E-state index in [2.05, 4.69) is 0 Å². The zero-order valence-electron chi connectivity index (χ0n) is 14.3. The number of benzene rings is 3. The number of aromatic hydroxyl groups is 1. The molecule has 132 valence electrons. The van der Waals surface area contributed by atoms with Crippen molar-refractivity contribution in [3.8, 4) is 28.0 Å². The molecule has 26 heavy (non-hydrogen) atoms. The van der Waals surface area contributed by atoms with Gasteiger partial charge in [-0.3, -0.25) is 4.79 Å². The van der Waals surface area contributed by atoms with Crippen molar-refractivity contribution in [2.45, 2.75) is 13.8 Å².